The molecule has 74 valence electrons. The summed E-state index contributed by atoms with van der Waals surface area (Å²) in [6.07, 6.45) is 5.48. The summed E-state index contributed by atoms with van der Waals surface area (Å²) < 4.78 is 0. The highest BCUT2D eigenvalue weighted by molar-refractivity contribution is 5.17. The number of benzene rings is 1. The van der Waals surface area contributed by atoms with Crippen molar-refractivity contribution < 1.29 is 0 Å². The molecule has 14 heavy (non-hydrogen) atoms. The molecule has 0 saturated heterocycles. The molecule has 0 bridgehead atoms. The molecule has 1 aromatic rings. The maximum Gasteiger partial charge on any atom is 0.0616 e. The quantitative estimate of drug-likeness (QED) is 0.686. The van der Waals surface area contributed by atoms with Gasteiger partial charge in [-0.25, -0.2) is 0 Å². The molecule has 1 aliphatic heterocycles. The van der Waals surface area contributed by atoms with Crippen LogP contribution in [0.4, 0.5) is 0 Å². The predicted molar refractivity (Wildman–Crippen MR) is 58.8 cm³/mol. The first kappa shape index (κ1) is 9.44. The molecule has 0 aromatic heterocycles. The van der Waals surface area contributed by atoms with Gasteiger partial charge in [-0.2, -0.15) is 0 Å². The standard InChI is InChI=1S/C12H16N2/c13-12-11(7-4-8-14-12)9-10-5-2-1-3-6-10/h1-7,11-12,14H,8-9,13H2. The van der Waals surface area contributed by atoms with Crippen LogP contribution in [-0.2, 0) is 6.42 Å². The van der Waals surface area contributed by atoms with Crippen LogP contribution in [0.15, 0.2) is 42.5 Å². The Morgan fingerprint density at radius 1 is 1.29 bits per heavy atom. The first-order valence-corrected chi connectivity index (χ1v) is 5.06. The molecule has 0 aliphatic carbocycles. The van der Waals surface area contributed by atoms with E-state index in [-0.39, 0.29) is 6.17 Å². The molecule has 2 unspecified atom stereocenters. The molecule has 1 aromatic carbocycles. The zero-order chi connectivity index (χ0) is 9.80. The molecule has 0 fully saturated rings. The van der Waals surface area contributed by atoms with Gasteiger partial charge in [-0.1, -0.05) is 42.5 Å². The maximum absolute atomic E-state index is 5.96. The van der Waals surface area contributed by atoms with E-state index in [1.54, 1.807) is 0 Å². The lowest BCUT2D eigenvalue weighted by atomic mass is 9.94. The van der Waals surface area contributed by atoms with Gasteiger partial charge in [0.1, 0.15) is 0 Å². The van der Waals surface area contributed by atoms with Crippen molar-refractivity contribution in [1.82, 2.24) is 5.32 Å². The molecule has 2 nitrogen and oxygen atoms in total. The Morgan fingerprint density at radius 2 is 2.07 bits per heavy atom. The lowest BCUT2D eigenvalue weighted by Crippen LogP contribution is -2.46. The summed E-state index contributed by atoms with van der Waals surface area (Å²) >= 11 is 0. The van der Waals surface area contributed by atoms with Gasteiger partial charge in [-0.05, 0) is 12.0 Å². The van der Waals surface area contributed by atoms with E-state index < -0.39 is 0 Å². The van der Waals surface area contributed by atoms with Crippen molar-refractivity contribution in [2.75, 3.05) is 6.54 Å². The zero-order valence-electron chi connectivity index (χ0n) is 8.19. The van der Waals surface area contributed by atoms with E-state index >= 15 is 0 Å². The van der Waals surface area contributed by atoms with Gasteiger partial charge in [0, 0.05) is 12.5 Å². The Balaban J connectivity index is 2.03. The Kier molecular flexibility index (Phi) is 2.96. The van der Waals surface area contributed by atoms with Gasteiger partial charge in [0.25, 0.3) is 0 Å². The molecule has 2 atom stereocenters. The third-order valence-electron chi connectivity index (χ3n) is 2.63. The van der Waals surface area contributed by atoms with Gasteiger partial charge < -0.3 is 5.73 Å². The molecule has 2 rings (SSSR count). The number of hydrogen-bond acceptors (Lipinski definition) is 2. The Labute approximate surface area is 84.8 Å². The number of nitrogens with two attached hydrogens (primary N) is 1. The largest absolute Gasteiger partial charge is 0.315 e. The Hall–Kier alpha value is -1.12. The highest BCUT2D eigenvalue weighted by atomic mass is 15.0. The molecule has 0 radical (unpaired) electrons. The van der Waals surface area contributed by atoms with E-state index in [0.29, 0.717) is 5.92 Å². The second kappa shape index (κ2) is 4.40. The van der Waals surface area contributed by atoms with Crippen LogP contribution < -0.4 is 11.1 Å². The summed E-state index contributed by atoms with van der Waals surface area (Å²) in [6, 6.07) is 10.5. The summed E-state index contributed by atoms with van der Waals surface area (Å²) in [4.78, 5) is 0. The van der Waals surface area contributed by atoms with Gasteiger partial charge in [-0.3, -0.25) is 5.32 Å². The minimum atomic E-state index is 0.0974. The van der Waals surface area contributed by atoms with Crippen molar-refractivity contribution in [3.8, 4) is 0 Å². The number of hydrogen-bond donors (Lipinski definition) is 2. The van der Waals surface area contributed by atoms with E-state index in [9.17, 15) is 0 Å². The lowest BCUT2D eigenvalue weighted by molar-refractivity contribution is 0.415. The van der Waals surface area contributed by atoms with Gasteiger partial charge >= 0.3 is 0 Å². The fourth-order valence-electron chi connectivity index (χ4n) is 1.80. The van der Waals surface area contributed by atoms with E-state index in [1.165, 1.54) is 5.56 Å². The number of rotatable bonds is 2. The summed E-state index contributed by atoms with van der Waals surface area (Å²) in [6.45, 7) is 0.895. The third kappa shape index (κ3) is 2.22. The Bertz CT molecular complexity index is 305. The van der Waals surface area contributed by atoms with E-state index in [2.05, 4.69) is 41.7 Å². The average molecular weight is 188 g/mol. The third-order valence-corrected chi connectivity index (χ3v) is 2.63. The first-order valence-electron chi connectivity index (χ1n) is 5.06. The van der Waals surface area contributed by atoms with Crippen LogP contribution in [0.2, 0.25) is 0 Å². The van der Waals surface area contributed by atoms with Gasteiger partial charge in [0.2, 0.25) is 0 Å². The molecule has 0 spiro atoms. The molecule has 2 heteroatoms. The smallest absolute Gasteiger partial charge is 0.0616 e. The summed E-state index contributed by atoms with van der Waals surface area (Å²) in [5.41, 5.74) is 7.31. The van der Waals surface area contributed by atoms with E-state index in [0.717, 1.165) is 13.0 Å². The molecule has 1 heterocycles. The van der Waals surface area contributed by atoms with Crippen molar-refractivity contribution >= 4 is 0 Å². The van der Waals surface area contributed by atoms with Crippen molar-refractivity contribution in [3.05, 3.63) is 48.0 Å². The van der Waals surface area contributed by atoms with Crippen LogP contribution >= 0.6 is 0 Å². The van der Waals surface area contributed by atoms with Crippen LogP contribution in [0.1, 0.15) is 5.56 Å². The van der Waals surface area contributed by atoms with Crippen LogP contribution in [0.3, 0.4) is 0 Å². The summed E-state index contributed by atoms with van der Waals surface area (Å²) in [7, 11) is 0. The second-order valence-electron chi connectivity index (χ2n) is 3.72. The molecule has 3 N–H and O–H groups in total. The predicted octanol–water partition coefficient (Wildman–Crippen LogP) is 1.29. The van der Waals surface area contributed by atoms with Crippen molar-refractivity contribution in [3.63, 3.8) is 0 Å². The molecular weight excluding hydrogens is 172 g/mol. The monoisotopic (exact) mass is 188 g/mol. The van der Waals surface area contributed by atoms with Gasteiger partial charge in [0.05, 0.1) is 6.17 Å². The summed E-state index contributed by atoms with van der Waals surface area (Å²) in [5.74, 6) is 0.422. The highest BCUT2D eigenvalue weighted by Crippen LogP contribution is 2.13. The van der Waals surface area contributed by atoms with Gasteiger partial charge in [-0.15, -0.1) is 0 Å². The SMILES string of the molecule is NC1NCC=CC1Cc1ccccc1. The van der Waals surface area contributed by atoms with Crippen LogP contribution in [0, 0.1) is 5.92 Å². The van der Waals surface area contributed by atoms with Gasteiger partial charge in [0.15, 0.2) is 0 Å². The highest BCUT2D eigenvalue weighted by Gasteiger charge is 2.16. The second-order valence-corrected chi connectivity index (χ2v) is 3.72. The van der Waals surface area contributed by atoms with Crippen LogP contribution in [-0.4, -0.2) is 12.7 Å². The first-order chi connectivity index (χ1) is 6.86. The molecule has 0 amide bonds. The van der Waals surface area contributed by atoms with Crippen molar-refractivity contribution in [1.29, 1.82) is 0 Å². The fourth-order valence-corrected chi connectivity index (χ4v) is 1.80. The topological polar surface area (TPSA) is 38.0 Å². The average Bonchev–Trinajstić information content (AvgIpc) is 2.23. The lowest BCUT2D eigenvalue weighted by Gasteiger charge is -2.25. The summed E-state index contributed by atoms with van der Waals surface area (Å²) in [5, 5.41) is 3.24. The van der Waals surface area contributed by atoms with Crippen molar-refractivity contribution in [2.24, 2.45) is 11.7 Å². The zero-order valence-corrected chi connectivity index (χ0v) is 8.19. The number of nitrogens with one attached hydrogen (secondary N) is 1. The molecular formula is C12H16N2. The van der Waals surface area contributed by atoms with E-state index in [1.807, 2.05) is 6.07 Å². The minimum absolute atomic E-state index is 0.0974. The fraction of sp³-hybridized carbons (Fsp3) is 0.333. The molecule has 1 aliphatic rings. The molecule has 0 saturated carbocycles. The van der Waals surface area contributed by atoms with Crippen LogP contribution in [0.25, 0.3) is 0 Å². The Morgan fingerprint density at radius 3 is 2.79 bits per heavy atom. The minimum Gasteiger partial charge on any atom is -0.315 e. The van der Waals surface area contributed by atoms with Crippen LogP contribution in [0.5, 0.6) is 0 Å². The normalized spacial score (nSPS) is 26.4. The van der Waals surface area contributed by atoms with Crippen molar-refractivity contribution in [2.45, 2.75) is 12.6 Å². The maximum atomic E-state index is 5.96. The van der Waals surface area contributed by atoms with E-state index in [4.69, 9.17) is 5.73 Å².